The van der Waals surface area contributed by atoms with Gasteiger partial charge in [-0.1, -0.05) is 19.8 Å². The summed E-state index contributed by atoms with van der Waals surface area (Å²) in [7, 11) is 0. The molecule has 0 spiro atoms. The Kier molecular flexibility index (Phi) is 6.35. The number of ether oxygens (including phenoxy) is 1. The largest absolute Gasteiger partial charge is 0.482 e. The zero-order valence-electron chi connectivity index (χ0n) is 10.8. The standard InChI is InChI=1S/C13H18N2O4/c1-2-3-6-11(13(17)18)15-12(16)9-19-10-5-4-7-14-8-10/h4-5,7-8,11H,2-3,6,9H2,1H3,(H,15,16)(H,17,18). The zero-order chi connectivity index (χ0) is 14.1. The summed E-state index contributed by atoms with van der Waals surface area (Å²) in [6, 6.07) is 2.51. The highest BCUT2D eigenvalue weighted by Crippen LogP contribution is 2.06. The molecule has 0 radical (unpaired) electrons. The summed E-state index contributed by atoms with van der Waals surface area (Å²) in [5.74, 6) is -1.01. The van der Waals surface area contributed by atoms with Gasteiger partial charge in [0.05, 0.1) is 6.20 Å². The van der Waals surface area contributed by atoms with E-state index in [-0.39, 0.29) is 6.61 Å². The van der Waals surface area contributed by atoms with E-state index in [2.05, 4.69) is 10.3 Å². The first-order chi connectivity index (χ1) is 9.13. The summed E-state index contributed by atoms with van der Waals surface area (Å²) in [5.41, 5.74) is 0. The van der Waals surface area contributed by atoms with E-state index < -0.39 is 17.9 Å². The highest BCUT2D eigenvalue weighted by Gasteiger charge is 2.19. The molecule has 0 aliphatic carbocycles. The smallest absolute Gasteiger partial charge is 0.326 e. The molecule has 19 heavy (non-hydrogen) atoms. The second-order valence-corrected chi connectivity index (χ2v) is 4.08. The van der Waals surface area contributed by atoms with Crippen LogP contribution in [0, 0.1) is 0 Å². The van der Waals surface area contributed by atoms with E-state index in [0.717, 1.165) is 12.8 Å². The zero-order valence-corrected chi connectivity index (χ0v) is 10.8. The quantitative estimate of drug-likeness (QED) is 0.738. The summed E-state index contributed by atoms with van der Waals surface area (Å²) < 4.78 is 5.19. The fourth-order valence-corrected chi connectivity index (χ4v) is 1.48. The van der Waals surface area contributed by atoms with Crippen LogP contribution in [-0.4, -0.2) is 34.6 Å². The van der Waals surface area contributed by atoms with E-state index in [9.17, 15) is 9.59 Å². The molecule has 0 aromatic carbocycles. The average Bonchev–Trinajstić information content (AvgIpc) is 2.42. The van der Waals surface area contributed by atoms with Crippen molar-refractivity contribution in [2.24, 2.45) is 0 Å². The van der Waals surface area contributed by atoms with Gasteiger partial charge in [0.1, 0.15) is 11.8 Å². The minimum absolute atomic E-state index is 0.221. The van der Waals surface area contributed by atoms with Crippen molar-refractivity contribution >= 4 is 11.9 Å². The van der Waals surface area contributed by atoms with Crippen LogP contribution in [0.25, 0.3) is 0 Å². The van der Waals surface area contributed by atoms with Crippen molar-refractivity contribution in [2.45, 2.75) is 32.2 Å². The first kappa shape index (κ1) is 14.9. The molecule has 6 nitrogen and oxygen atoms in total. The molecule has 1 heterocycles. The molecule has 104 valence electrons. The molecule has 1 aromatic rings. The lowest BCUT2D eigenvalue weighted by Gasteiger charge is -2.14. The number of rotatable bonds is 8. The van der Waals surface area contributed by atoms with E-state index in [1.165, 1.54) is 6.20 Å². The number of carbonyl (C=O) groups is 2. The Bertz CT molecular complexity index is 408. The van der Waals surface area contributed by atoms with Crippen molar-refractivity contribution in [3.8, 4) is 5.75 Å². The van der Waals surface area contributed by atoms with Crippen LogP contribution >= 0.6 is 0 Å². The van der Waals surface area contributed by atoms with E-state index in [0.29, 0.717) is 12.2 Å². The summed E-state index contributed by atoms with van der Waals surface area (Å²) in [5, 5.41) is 11.4. The number of carboxylic acid groups (broad SMARTS) is 1. The fourth-order valence-electron chi connectivity index (χ4n) is 1.48. The van der Waals surface area contributed by atoms with Crippen LogP contribution in [0.2, 0.25) is 0 Å². The Morgan fingerprint density at radius 3 is 2.89 bits per heavy atom. The Hall–Kier alpha value is -2.11. The number of nitrogens with zero attached hydrogens (tertiary/aromatic N) is 1. The van der Waals surface area contributed by atoms with Gasteiger partial charge in [0.25, 0.3) is 5.91 Å². The van der Waals surface area contributed by atoms with Gasteiger partial charge in [0.15, 0.2) is 6.61 Å². The molecular formula is C13H18N2O4. The molecule has 1 atom stereocenters. The molecule has 2 N–H and O–H groups in total. The average molecular weight is 266 g/mol. The third-order valence-corrected chi connectivity index (χ3v) is 2.48. The molecule has 1 rings (SSSR count). The second kappa shape index (κ2) is 8.07. The van der Waals surface area contributed by atoms with E-state index >= 15 is 0 Å². The van der Waals surface area contributed by atoms with Gasteiger partial charge >= 0.3 is 5.97 Å². The monoisotopic (exact) mass is 266 g/mol. The Balaban J connectivity index is 2.38. The first-order valence-electron chi connectivity index (χ1n) is 6.18. The number of amides is 1. The van der Waals surface area contributed by atoms with Crippen LogP contribution in [-0.2, 0) is 9.59 Å². The van der Waals surface area contributed by atoms with Gasteiger partial charge in [-0.15, -0.1) is 0 Å². The molecular weight excluding hydrogens is 248 g/mol. The third-order valence-electron chi connectivity index (χ3n) is 2.48. The molecule has 0 saturated carbocycles. The number of hydrogen-bond acceptors (Lipinski definition) is 4. The number of carbonyl (C=O) groups excluding carboxylic acids is 1. The van der Waals surface area contributed by atoms with Gasteiger partial charge in [-0.25, -0.2) is 4.79 Å². The molecule has 0 aliphatic heterocycles. The van der Waals surface area contributed by atoms with Gasteiger partial charge in [0.2, 0.25) is 0 Å². The minimum atomic E-state index is -1.02. The van der Waals surface area contributed by atoms with Crippen molar-refractivity contribution in [3.63, 3.8) is 0 Å². The summed E-state index contributed by atoms with van der Waals surface area (Å²) in [4.78, 5) is 26.4. The number of unbranched alkanes of at least 4 members (excludes halogenated alkanes) is 1. The van der Waals surface area contributed by atoms with Crippen molar-refractivity contribution in [3.05, 3.63) is 24.5 Å². The van der Waals surface area contributed by atoms with Crippen molar-refractivity contribution in [2.75, 3.05) is 6.61 Å². The molecule has 1 unspecified atom stereocenters. The van der Waals surface area contributed by atoms with Crippen LogP contribution in [0.3, 0.4) is 0 Å². The van der Waals surface area contributed by atoms with Crippen LogP contribution in [0.1, 0.15) is 26.2 Å². The van der Waals surface area contributed by atoms with Gasteiger partial charge in [0, 0.05) is 6.20 Å². The third kappa shape index (κ3) is 5.85. The van der Waals surface area contributed by atoms with Crippen LogP contribution in [0.15, 0.2) is 24.5 Å². The molecule has 6 heteroatoms. The van der Waals surface area contributed by atoms with E-state index in [1.54, 1.807) is 18.3 Å². The summed E-state index contributed by atoms with van der Waals surface area (Å²) >= 11 is 0. The predicted octanol–water partition coefficient (Wildman–Crippen LogP) is 1.22. The number of aromatic nitrogens is 1. The van der Waals surface area contributed by atoms with Gasteiger partial charge < -0.3 is 15.2 Å². The molecule has 1 aromatic heterocycles. The molecule has 0 fully saturated rings. The van der Waals surface area contributed by atoms with Gasteiger partial charge in [-0.3, -0.25) is 9.78 Å². The van der Waals surface area contributed by atoms with Crippen molar-refractivity contribution in [1.29, 1.82) is 0 Å². The maximum atomic E-state index is 11.6. The lowest BCUT2D eigenvalue weighted by molar-refractivity contribution is -0.142. The molecule has 0 saturated heterocycles. The molecule has 1 amide bonds. The van der Waals surface area contributed by atoms with Gasteiger partial charge in [-0.2, -0.15) is 0 Å². The number of aliphatic carboxylic acids is 1. The SMILES string of the molecule is CCCCC(NC(=O)COc1cccnc1)C(=O)O. The first-order valence-corrected chi connectivity index (χ1v) is 6.18. The number of nitrogens with one attached hydrogen (secondary N) is 1. The predicted molar refractivity (Wildman–Crippen MR) is 68.8 cm³/mol. The van der Waals surface area contributed by atoms with Crippen LogP contribution in [0.4, 0.5) is 0 Å². The number of pyridine rings is 1. The van der Waals surface area contributed by atoms with Crippen LogP contribution in [0.5, 0.6) is 5.75 Å². The topological polar surface area (TPSA) is 88.5 Å². The highest BCUT2D eigenvalue weighted by atomic mass is 16.5. The van der Waals surface area contributed by atoms with E-state index in [1.807, 2.05) is 6.92 Å². The normalized spacial score (nSPS) is 11.6. The second-order valence-electron chi connectivity index (χ2n) is 4.08. The fraction of sp³-hybridized carbons (Fsp3) is 0.462. The Morgan fingerprint density at radius 2 is 2.32 bits per heavy atom. The lowest BCUT2D eigenvalue weighted by Crippen LogP contribution is -2.42. The van der Waals surface area contributed by atoms with Gasteiger partial charge in [-0.05, 0) is 18.6 Å². The maximum absolute atomic E-state index is 11.6. The van der Waals surface area contributed by atoms with Crippen LogP contribution < -0.4 is 10.1 Å². The number of hydrogen-bond donors (Lipinski definition) is 2. The highest BCUT2D eigenvalue weighted by molar-refractivity contribution is 5.84. The Labute approximate surface area is 111 Å². The van der Waals surface area contributed by atoms with Crippen molar-refractivity contribution < 1.29 is 19.4 Å². The number of carboxylic acids is 1. The Morgan fingerprint density at radius 1 is 1.53 bits per heavy atom. The minimum Gasteiger partial charge on any atom is -0.482 e. The summed E-state index contributed by atoms with van der Waals surface area (Å²) in [6.07, 6.45) is 5.13. The molecule has 0 aliphatic rings. The summed E-state index contributed by atoms with van der Waals surface area (Å²) in [6.45, 7) is 1.74. The van der Waals surface area contributed by atoms with E-state index in [4.69, 9.17) is 9.84 Å². The van der Waals surface area contributed by atoms with Crippen molar-refractivity contribution in [1.82, 2.24) is 10.3 Å². The lowest BCUT2D eigenvalue weighted by atomic mass is 10.1. The maximum Gasteiger partial charge on any atom is 0.326 e. The molecule has 0 bridgehead atoms.